The third-order valence-electron chi connectivity index (χ3n) is 4.19. The fourth-order valence-corrected chi connectivity index (χ4v) is 3.06. The molecule has 0 spiro atoms. The third-order valence-corrected chi connectivity index (χ3v) is 4.19. The standard InChI is InChI=1S/C16H23N3O/c1-2-5-15-18-13-6-3-4-7-14(13)19(15)12-16(20)8-10-17-11-9-16/h3-4,6-7,17,20H,2,5,8-12H2,1H3. The molecule has 2 aromatic rings. The van der Waals surface area contributed by atoms with E-state index < -0.39 is 5.60 Å². The topological polar surface area (TPSA) is 50.1 Å². The van der Waals surface area contributed by atoms with Gasteiger partial charge in [-0.25, -0.2) is 4.98 Å². The van der Waals surface area contributed by atoms with Gasteiger partial charge in [0.05, 0.1) is 23.2 Å². The summed E-state index contributed by atoms with van der Waals surface area (Å²) in [6, 6.07) is 8.22. The quantitative estimate of drug-likeness (QED) is 0.897. The van der Waals surface area contributed by atoms with Crippen LogP contribution in [0.25, 0.3) is 11.0 Å². The van der Waals surface area contributed by atoms with Gasteiger partial charge in [-0.05, 0) is 44.5 Å². The maximum atomic E-state index is 10.8. The van der Waals surface area contributed by atoms with E-state index in [1.54, 1.807) is 0 Å². The molecular formula is C16H23N3O. The van der Waals surface area contributed by atoms with Gasteiger partial charge in [-0.2, -0.15) is 0 Å². The first-order valence-corrected chi connectivity index (χ1v) is 7.59. The molecule has 4 nitrogen and oxygen atoms in total. The van der Waals surface area contributed by atoms with Gasteiger partial charge in [0.25, 0.3) is 0 Å². The maximum absolute atomic E-state index is 10.8. The van der Waals surface area contributed by atoms with Gasteiger partial charge in [0.1, 0.15) is 5.82 Å². The molecule has 20 heavy (non-hydrogen) atoms. The minimum absolute atomic E-state index is 0.600. The molecule has 1 aromatic carbocycles. The number of imidazole rings is 1. The smallest absolute Gasteiger partial charge is 0.109 e. The van der Waals surface area contributed by atoms with Crippen LogP contribution >= 0.6 is 0 Å². The molecule has 0 bridgehead atoms. The van der Waals surface area contributed by atoms with Crippen LogP contribution in [-0.4, -0.2) is 33.3 Å². The highest BCUT2D eigenvalue weighted by molar-refractivity contribution is 5.75. The summed E-state index contributed by atoms with van der Waals surface area (Å²) in [4.78, 5) is 4.74. The van der Waals surface area contributed by atoms with Crippen LogP contribution in [0.15, 0.2) is 24.3 Å². The Balaban J connectivity index is 1.97. The van der Waals surface area contributed by atoms with Crippen LogP contribution in [0.1, 0.15) is 32.0 Å². The zero-order chi connectivity index (χ0) is 14.0. The van der Waals surface area contributed by atoms with Crippen molar-refractivity contribution in [2.24, 2.45) is 0 Å². The Morgan fingerprint density at radius 3 is 2.80 bits per heavy atom. The van der Waals surface area contributed by atoms with Gasteiger partial charge in [0.15, 0.2) is 0 Å². The molecule has 108 valence electrons. The number of aryl methyl sites for hydroxylation is 1. The van der Waals surface area contributed by atoms with Crippen molar-refractivity contribution >= 4 is 11.0 Å². The summed E-state index contributed by atoms with van der Waals surface area (Å²) in [6.45, 7) is 4.62. The van der Waals surface area contributed by atoms with Gasteiger partial charge in [-0.15, -0.1) is 0 Å². The molecule has 0 aliphatic carbocycles. The van der Waals surface area contributed by atoms with Crippen LogP contribution in [0.4, 0.5) is 0 Å². The van der Waals surface area contributed by atoms with E-state index in [0.717, 1.165) is 55.6 Å². The number of nitrogens with one attached hydrogen (secondary N) is 1. The molecule has 0 radical (unpaired) electrons. The van der Waals surface area contributed by atoms with Gasteiger partial charge in [-0.1, -0.05) is 19.1 Å². The van der Waals surface area contributed by atoms with Crippen LogP contribution < -0.4 is 5.32 Å². The summed E-state index contributed by atoms with van der Waals surface area (Å²) in [6.07, 6.45) is 3.66. The van der Waals surface area contributed by atoms with Crippen molar-refractivity contribution in [2.45, 2.75) is 44.8 Å². The average Bonchev–Trinajstić information content (AvgIpc) is 2.78. The molecule has 1 aliphatic rings. The van der Waals surface area contributed by atoms with Gasteiger partial charge in [0.2, 0.25) is 0 Å². The average molecular weight is 273 g/mol. The number of aliphatic hydroxyl groups is 1. The molecule has 3 rings (SSSR count). The van der Waals surface area contributed by atoms with Crippen LogP contribution in [0, 0.1) is 0 Å². The second-order valence-corrected chi connectivity index (χ2v) is 5.83. The lowest BCUT2D eigenvalue weighted by Gasteiger charge is -2.33. The van der Waals surface area contributed by atoms with Crippen molar-refractivity contribution in [3.05, 3.63) is 30.1 Å². The Morgan fingerprint density at radius 1 is 1.30 bits per heavy atom. The first-order chi connectivity index (χ1) is 9.72. The number of nitrogens with zero attached hydrogens (tertiary/aromatic N) is 2. The summed E-state index contributed by atoms with van der Waals surface area (Å²) in [7, 11) is 0. The van der Waals surface area contributed by atoms with E-state index in [2.05, 4.69) is 28.9 Å². The number of rotatable bonds is 4. The first kappa shape index (κ1) is 13.6. The second-order valence-electron chi connectivity index (χ2n) is 5.83. The van der Waals surface area contributed by atoms with Gasteiger partial charge in [0, 0.05) is 6.42 Å². The van der Waals surface area contributed by atoms with Gasteiger partial charge < -0.3 is 15.0 Å². The summed E-state index contributed by atoms with van der Waals surface area (Å²) < 4.78 is 2.23. The summed E-state index contributed by atoms with van der Waals surface area (Å²) in [5, 5.41) is 14.1. The summed E-state index contributed by atoms with van der Waals surface area (Å²) in [5.41, 5.74) is 1.58. The van der Waals surface area contributed by atoms with Crippen molar-refractivity contribution in [3.8, 4) is 0 Å². The number of hydrogen-bond donors (Lipinski definition) is 2. The van der Waals surface area contributed by atoms with Crippen LogP contribution in [0.2, 0.25) is 0 Å². The molecule has 2 heterocycles. The molecule has 1 aliphatic heterocycles. The van der Waals surface area contributed by atoms with Crippen molar-refractivity contribution in [2.75, 3.05) is 13.1 Å². The molecule has 0 unspecified atom stereocenters. The van der Waals surface area contributed by atoms with Crippen molar-refractivity contribution in [3.63, 3.8) is 0 Å². The summed E-state index contributed by atoms with van der Waals surface area (Å²) >= 11 is 0. The summed E-state index contributed by atoms with van der Waals surface area (Å²) in [5.74, 6) is 1.10. The normalized spacial score (nSPS) is 18.5. The van der Waals surface area contributed by atoms with E-state index in [4.69, 9.17) is 4.98 Å². The first-order valence-electron chi connectivity index (χ1n) is 7.59. The highest BCUT2D eigenvalue weighted by Gasteiger charge is 2.30. The van der Waals surface area contributed by atoms with E-state index in [9.17, 15) is 5.11 Å². The second kappa shape index (κ2) is 5.54. The Labute approximate surface area is 119 Å². The fraction of sp³-hybridized carbons (Fsp3) is 0.562. The Morgan fingerprint density at radius 2 is 2.05 bits per heavy atom. The van der Waals surface area contributed by atoms with Crippen LogP contribution in [-0.2, 0) is 13.0 Å². The van der Waals surface area contributed by atoms with E-state index in [1.165, 1.54) is 0 Å². The Hall–Kier alpha value is -1.39. The van der Waals surface area contributed by atoms with Gasteiger partial charge in [-0.3, -0.25) is 0 Å². The number of aromatic nitrogens is 2. The zero-order valence-corrected chi connectivity index (χ0v) is 12.1. The monoisotopic (exact) mass is 273 g/mol. The predicted molar refractivity (Wildman–Crippen MR) is 80.8 cm³/mol. The van der Waals surface area contributed by atoms with Crippen LogP contribution in [0.3, 0.4) is 0 Å². The number of hydrogen-bond acceptors (Lipinski definition) is 3. The predicted octanol–water partition coefficient (Wildman–Crippen LogP) is 2.10. The molecule has 0 amide bonds. The lowest BCUT2D eigenvalue weighted by Crippen LogP contribution is -2.45. The van der Waals surface area contributed by atoms with Crippen molar-refractivity contribution in [1.82, 2.24) is 14.9 Å². The molecule has 1 saturated heterocycles. The third kappa shape index (κ3) is 2.58. The molecular weight excluding hydrogens is 250 g/mol. The highest BCUT2D eigenvalue weighted by atomic mass is 16.3. The van der Waals surface area contributed by atoms with E-state index in [1.807, 2.05) is 12.1 Å². The number of fused-ring (bicyclic) bond motifs is 1. The Kier molecular flexibility index (Phi) is 3.76. The SMILES string of the molecule is CCCc1nc2ccccc2n1CC1(O)CCNCC1. The number of para-hydroxylation sites is 2. The minimum atomic E-state index is -0.600. The number of benzene rings is 1. The maximum Gasteiger partial charge on any atom is 0.109 e. The molecule has 0 atom stereocenters. The van der Waals surface area contributed by atoms with Crippen molar-refractivity contribution < 1.29 is 5.11 Å². The molecule has 0 saturated carbocycles. The molecule has 1 aromatic heterocycles. The largest absolute Gasteiger partial charge is 0.388 e. The van der Waals surface area contributed by atoms with E-state index in [0.29, 0.717) is 6.54 Å². The minimum Gasteiger partial charge on any atom is -0.388 e. The van der Waals surface area contributed by atoms with E-state index >= 15 is 0 Å². The van der Waals surface area contributed by atoms with Crippen LogP contribution in [0.5, 0.6) is 0 Å². The zero-order valence-electron chi connectivity index (χ0n) is 12.1. The van der Waals surface area contributed by atoms with E-state index in [-0.39, 0.29) is 0 Å². The lowest BCUT2D eigenvalue weighted by molar-refractivity contribution is -0.00507. The molecule has 4 heteroatoms. The lowest BCUT2D eigenvalue weighted by atomic mass is 9.92. The van der Waals surface area contributed by atoms with Crippen molar-refractivity contribution in [1.29, 1.82) is 0 Å². The van der Waals surface area contributed by atoms with Gasteiger partial charge >= 0.3 is 0 Å². The molecule has 2 N–H and O–H groups in total. The fourth-order valence-electron chi connectivity index (χ4n) is 3.06. The Bertz CT molecular complexity index is 584. The number of piperidine rings is 1. The highest BCUT2D eigenvalue weighted by Crippen LogP contribution is 2.25. The molecule has 1 fully saturated rings.